The van der Waals surface area contributed by atoms with Crippen molar-refractivity contribution in [1.29, 1.82) is 0 Å². The normalized spacial score (nSPS) is 13.3. The van der Waals surface area contributed by atoms with Gasteiger partial charge in [0.15, 0.2) is 0 Å². The number of nitrogens with one attached hydrogen (secondary N) is 2. The van der Waals surface area contributed by atoms with Gasteiger partial charge in [0.2, 0.25) is 0 Å². The molecule has 2 amide bonds. The summed E-state index contributed by atoms with van der Waals surface area (Å²) in [6.07, 6.45) is 2.21. The van der Waals surface area contributed by atoms with E-state index < -0.39 is 11.9 Å². The monoisotopic (exact) mass is 590 g/mol. The Kier molecular flexibility index (Phi) is 11.7. The maximum atomic E-state index is 13.0. The molecule has 1 aliphatic rings. The number of para-hydroxylation sites is 1. The Hall–Kier alpha value is -5.36. The van der Waals surface area contributed by atoms with E-state index in [4.69, 9.17) is 14.9 Å². The maximum absolute atomic E-state index is 13.0. The highest BCUT2D eigenvalue weighted by atomic mass is 16.5. The van der Waals surface area contributed by atoms with Crippen molar-refractivity contribution in [2.75, 3.05) is 55.9 Å². The number of benzene rings is 3. The second kappa shape index (κ2) is 15.6. The van der Waals surface area contributed by atoms with Crippen molar-refractivity contribution in [2.24, 2.45) is 0 Å². The van der Waals surface area contributed by atoms with Crippen molar-refractivity contribution in [2.45, 2.75) is 6.42 Å². The summed E-state index contributed by atoms with van der Waals surface area (Å²) in [5.41, 5.74) is 2.38. The van der Waals surface area contributed by atoms with Crippen LogP contribution in [0.1, 0.15) is 27.1 Å². The molecule has 226 valence electrons. The third kappa shape index (κ3) is 9.90. The van der Waals surface area contributed by atoms with Crippen LogP contribution >= 0.6 is 0 Å². The van der Waals surface area contributed by atoms with Crippen LogP contribution in [0.25, 0.3) is 0 Å². The lowest BCUT2D eigenvalue weighted by molar-refractivity contribution is -0.134. The first-order valence-electron chi connectivity index (χ1n) is 13.3. The van der Waals surface area contributed by atoms with Gasteiger partial charge in [-0.3, -0.25) is 9.59 Å². The molecule has 12 nitrogen and oxygen atoms in total. The van der Waals surface area contributed by atoms with E-state index in [2.05, 4.69) is 27.5 Å². The van der Waals surface area contributed by atoms with Crippen LogP contribution in [0.2, 0.25) is 0 Å². The summed E-state index contributed by atoms with van der Waals surface area (Å²) in [4.78, 5) is 49.4. The van der Waals surface area contributed by atoms with Crippen LogP contribution in [0.3, 0.4) is 0 Å². The predicted molar refractivity (Wildman–Crippen MR) is 162 cm³/mol. The van der Waals surface area contributed by atoms with Crippen molar-refractivity contribution in [1.82, 2.24) is 4.90 Å². The molecule has 0 aliphatic carbocycles. The average molecular weight is 591 g/mol. The molecular weight excluding hydrogens is 556 g/mol. The summed E-state index contributed by atoms with van der Waals surface area (Å²) in [7, 11) is 3.68. The van der Waals surface area contributed by atoms with Gasteiger partial charge in [-0.1, -0.05) is 6.07 Å². The van der Waals surface area contributed by atoms with Gasteiger partial charge in [0.05, 0.1) is 12.8 Å². The molecule has 0 saturated carbocycles. The quantitative estimate of drug-likeness (QED) is 0.192. The number of amides is 2. The number of rotatable bonds is 8. The van der Waals surface area contributed by atoms with Crippen molar-refractivity contribution in [3.63, 3.8) is 0 Å². The topological polar surface area (TPSA) is 169 Å². The summed E-state index contributed by atoms with van der Waals surface area (Å²) in [5, 5.41) is 31.5. The number of phenols is 1. The lowest BCUT2D eigenvalue weighted by Crippen LogP contribution is -2.28. The number of anilines is 3. The van der Waals surface area contributed by atoms with E-state index in [-0.39, 0.29) is 23.3 Å². The fraction of sp³-hybridized carbons (Fsp3) is 0.226. The van der Waals surface area contributed by atoms with Gasteiger partial charge < -0.3 is 40.5 Å². The van der Waals surface area contributed by atoms with E-state index in [1.54, 1.807) is 55.6 Å². The Balaban J connectivity index is 0.000000557. The summed E-state index contributed by atoms with van der Waals surface area (Å²) >= 11 is 0. The first-order chi connectivity index (χ1) is 20.6. The highest BCUT2D eigenvalue weighted by Gasteiger charge is 2.17. The third-order valence-electron chi connectivity index (χ3n) is 6.46. The molecule has 0 aromatic heterocycles. The van der Waals surface area contributed by atoms with Crippen LogP contribution in [0.5, 0.6) is 11.5 Å². The number of aliphatic carboxylic acids is 2. The lowest BCUT2D eigenvalue weighted by Gasteiger charge is -2.23. The fourth-order valence-corrected chi connectivity index (χ4v) is 4.17. The molecule has 1 aliphatic heterocycles. The SMILES string of the molecule is COc1ccc(C(=O)Nc2cccc(O)c2NC(=O)c2ccc(N3CCCN(C)CC3)cc2)cc1.O=C(O)/C=C\C(=O)O. The largest absolute Gasteiger partial charge is 0.506 e. The Morgan fingerprint density at radius 2 is 1.35 bits per heavy atom. The fourth-order valence-electron chi connectivity index (χ4n) is 4.17. The molecule has 43 heavy (non-hydrogen) atoms. The summed E-state index contributed by atoms with van der Waals surface area (Å²) < 4.78 is 5.12. The highest BCUT2D eigenvalue weighted by molar-refractivity contribution is 6.11. The van der Waals surface area contributed by atoms with Gasteiger partial charge in [0.1, 0.15) is 17.2 Å². The van der Waals surface area contributed by atoms with E-state index in [0.717, 1.165) is 38.3 Å². The predicted octanol–water partition coefficient (Wildman–Crippen LogP) is 3.76. The molecular formula is C31H34N4O8. The molecule has 1 saturated heterocycles. The summed E-state index contributed by atoms with van der Waals surface area (Å²) in [6.45, 7) is 4.00. The summed E-state index contributed by atoms with van der Waals surface area (Å²) in [6, 6.07) is 18.8. The second-order valence-corrected chi connectivity index (χ2v) is 9.54. The molecule has 0 spiro atoms. The number of carbonyl (C=O) groups excluding carboxylic acids is 2. The van der Waals surface area contributed by atoms with Crippen LogP contribution in [0.4, 0.5) is 17.1 Å². The number of likely N-dealkylation sites (N-methyl/N-ethyl adjacent to an activating group) is 1. The Morgan fingerprint density at radius 3 is 1.93 bits per heavy atom. The number of carboxylic acid groups (broad SMARTS) is 2. The van der Waals surface area contributed by atoms with Crippen molar-refractivity contribution in [3.8, 4) is 11.5 Å². The van der Waals surface area contributed by atoms with Gasteiger partial charge in [-0.05, 0) is 80.7 Å². The van der Waals surface area contributed by atoms with Crippen LogP contribution in [0.15, 0.2) is 78.9 Å². The van der Waals surface area contributed by atoms with Crippen molar-refractivity contribution < 1.29 is 39.2 Å². The van der Waals surface area contributed by atoms with Gasteiger partial charge in [0.25, 0.3) is 11.8 Å². The van der Waals surface area contributed by atoms with Crippen LogP contribution in [-0.2, 0) is 9.59 Å². The van der Waals surface area contributed by atoms with E-state index in [0.29, 0.717) is 34.7 Å². The zero-order valence-corrected chi connectivity index (χ0v) is 23.8. The lowest BCUT2D eigenvalue weighted by atomic mass is 10.1. The first kappa shape index (κ1) is 32.2. The van der Waals surface area contributed by atoms with Gasteiger partial charge in [-0.25, -0.2) is 9.59 Å². The van der Waals surface area contributed by atoms with E-state index >= 15 is 0 Å². The van der Waals surface area contributed by atoms with Crippen molar-refractivity contribution in [3.05, 3.63) is 90.0 Å². The van der Waals surface area contributed by atoms with Gasteiger partial charge in [0, 0.05) is 48.6 Å². The first-order valence-corrected chi connectivity index (χ1v) is 13.3. The van der Waals surface area contributed by atoms with E-state index in [1.807, 2.05) is 12.1 Å². The smallest absolute Gasteiger partial charge is 0.328 e. The minimum Gasteiger partial charge on any atom is -0.506 e. The number of ether oxygens (including phenoxy) is 1. The second-order valence-electron chi connectivity index (χ2n) is 9.54. The van der Waals surface area contributed by atoms with Crippen LogP contribution < -0.4 is 20.3 Å². The van der Waals surface area contributed by atoms with Crippen LogP contribution in [0, 0.1) is 0 Å². The Morgan fingerprint density at radius 1 is 0.767 bits per heavy atom. The number of aromatic hydroxyl groups is 1. The number of methoxy groups -OCH3 is 1. The number of phenolic OH excluding ortho intramolecular Hbond substituents is 1. The van der Waals surface area contributed by atoms with Gasteiger partial charge in [-0.15, -0.1) is 0 Å². The van der Waals surface area contributed by atoms with Gasteiger partial charge in [-0.2, -0.15) is 0 Å². The zero-order valence-electron chi connectivity index (χ0n) is 23.8. The third-order valence-corrected chi connectivity index (χ3v) is 6.46. The zero-order chi connectivity index (χ0) is 31.4. The molecule has 3 aromatic carbocycles. The van der Waals surface area contributed by atoms with E-state index in [9.17, 15) is 24.3 Å². The van der Waals surface area contributed by atoms with Crippen molar-refractivity contribution >= 4 is 40.8 Å². The minimum atomic E-state index is -1.26. The Labute approximate surface area is 248 Å². The Bertz CT molecular complexity index is 1440. The number of carbonyl (C=O) groups is 4. The highest BCUT2D eigenvalue weighted by Crippen LogP contribution is 2.32. The standard InChI is InChI=1S/C27H30N4O4.C4H4O4/c1-30-15-4-16-31(18-17-30)21-11-7-19(8-12-21)27(34)29-25-23(5-3-6-24(25)32)28-26(33)20-9-13-22(35-2)14-10-20;5-3(6)1-2-4(7)8/h3,5-14,32H,4,15-18H2,1-2H3,(H,28,33)(H,29,34);1-2H,(H,5,6)(H,7,8)/b;2-1-. The molecule has 0 radical (unpaired) electrons. The number of carboxylic acids is 2. The number of hydrogen-bond donors (Lipinski definition) is 5. The molecule has 5 N–H and O–H groups in total. The number of nitrogens with zero attached hydrogens (tertiary/aromatic N) is 2. The number of hydrogen-bond acceptors (Lipinski definition) is 8. The summed E-state index contributed by atoms with van der Waals surface area (Å²) in [5.74, 6) is -2.77. The molecule has 0 unspecified atom stereocenters. The molecule has 0 bridgehead atoms. The minimum absolute atomic E-state index is 0.138. The molecule has 4 rings (SSSR count). The van der Waals surface area contributed by atoms with E-state index in [1.165, 1.54) is 6.07 Å². The molecule has 3 aromatic rings. The maximum Gasteiger partial charge on any atom is 0.328 e. The molecule has 12 heteroatoms. The molecule has 0 atom stereocenters. The average Bonchev–Trinajstić information content (AvgIpc) is 3.22. The van der Waals surface area contributed by atoms with Crippen LogP contribution in [-0.4, -0.2) is 84.3 Å². The molecule has 1 fully saturated rings. The van der Waals surface area contributed by atoms with Gasteiger partial charge >= 0.3 is 11.9 Å². The molecule has 1 heterocycles.